The van der Waals surface area contributed by atoms with Crippen LogP contribution >= 0.6 is 0 Å². The predicted molar refractivity (Wildman–Crippen MR) is 215 cm³/mol. The Morgan fingerprint density at radius 3 is 1.06 bits per heavy atom. The number of ketones is 3. The molecule has 2 aliphatic rings. The topological polar surface area (TPSA) is 51.2 Å². The van der Waals surface area contributed by atoms with Crippen LogP contribution in [-0.4, -0.2) is 17.3 Å². The van der Waals surface area contributed by atoms with Gasteiger partial charge in [-0.3, -0.25) is 14.4 Å². The van der Waals surface area contributed by atoms with Crippen molar-refractivity contribution in [1.82, 2.24) is 0 Å². The number of carbonyl (C=O) groups is 3. The normalized spacial score (nSPS) is 20.3. The Labute approximate surface area is 312 Å². The molecule has 0 unspecified atom stereocenters. The van der Waals surface area contributed by atoms with Crippen molar-refractivity contribution in [3.05, 3.63) is 119 Å². The van der Waals surface area contributed by atoms with Crippen LogP contribution in [-0.2, 0) is 27.2 Å². The van der Waals surface area contributed by atoms with Gasteiger partial charge in [-0.05, 0) is 121 Å². The molecule has 0 spiro atoms. The molecule has 3 nitrogen and oxygen atoms in total. The Bertz CT molecular complexity index is 1600. The summed E-state index contributed by atoms with van der Waals surface area (Å²) in [5.41, 5.74) is 9.58. The molecule has 4 aromatic rings. The van der Waals surface area contributed by atoms with E-state index in [1.807, 2.05) is 0 Å². The molecular formula is C49H58O3. The molecule has 4 aromatic carbocycles. The van der Waals surface area contributed by atoms with Crippen LogP contribution in [0.25, 0.3) is 22.3 Å². The van der Waals surface area contributed by atoms with Crippen molar-refractivity contribution in [3.63, 3.8) is 0 Å². The third-order valence-electron chi connectivity index (χ3n) is 12.1. The lowest BCUT2D eigenvalue weighted by Gasteiger charge is -2.28. The number of hydrogen-bond acceptors (Lipinski definition) is 3. The molecule has 2 aliphatic carbocycles. The highest BCUT2D eigenvalue weighted by Gasteiger charge is 2.27. The zero-order valence-corrected chi connectivity index (χ0v) is 31.6. The number of Topliss-reactive ketones (excluding diaryl/α,β-unsaturated/α-hetero) is 3. The minimum Gasteiger partial charge on any atom is -0.299 e. The van der Waals surface area contributed by atoms with E-state index in [2.05, 4.69) is 111 Å². The minimum absolute atomic E-state index is 0.220. The van der Waals surface area contributed by atoms with Crippen LogP contribution in [0.1, 0.15) is 138 Å². The molecule has 6 rings (SSSR count). The Morgan fingerprint density at radius 1 is 0.442 bits per heavy atom. The molecule has 2 saturated carbocycles. The van der Waals surface area contributed by atoms with Crippen molar-refractivity contribution < 1.29 is 14.4 Å². The van der Waals surface area contributed by atoms with Gasteiger partial charge >= 0.3 is 0 Å². The van der Waals surface area contributed by atoms with Gasteiger partial charge in [-0.25, -0.2) is 0 Å². The van der Waals surface area contributed by atoms with Crippen LogP contribution in [0, 0.1) is 11.8 Å². The third-order valence-corrected chi connectivity index (χ3v) is 12.1. The van der Waals surface area contributed by atoms with Crippen molar-refractivity contribution in [3.8, 4) is 22.3 Å². The summed E-state index contributed by atoms with van der Waals surface area (Å²) < 4.78 is 0. The second kappa shape index (κ2) is 18.6. The molecule has 0 atom stereocenters. The van der Waals surface area contributed by atoms with Gasteiger partial charge in [0, 0.05) is 37.5 Å². The van der Waals surface area contributed by atoms with E-state index in [1.165, 1.54) is 33.4 Å². The minimum atomic E-state index is 0.220. The first kappa shape index (κ1) is 37.6. The first-order valence-corrected chi connectivity index (χ1v) is 20.4. The van der Waals surface area contributed by atoms with Crippen molar-refractivity contribution in [1.29, 1.82) is 0 Å². The Kier molecular flexibility index (Phi) is 13.5. The van der Waals surface area contributed by atoms with Crippen molar-refractivity contribution >= 4 is 17.3 Å². The fourth-order valence-electron chi connectivity index (χ4n) is 8.65. The van der Waals surface area contributed by atoms with Crippen LogP contribution in [0.4, 0.5) is 0 Å². The lowest BCUT2D eigenvalue weighted by Crippen LogP contribution is -2.21. The summed E-state index contributed by atoms with van der Waals surface area (Å²) in [5.74, 6) is 2.84. The highest BCUT2D eigenvalue weighted by Crippen LogP contribution is 2.39. The second-order valence-corrected chi connectivity index (χ2v) is 15.8. The van der Waals surface area contributed by atoms with Gasteiger partial charge in [-0.15, -0.1) is 0 Å². The summed E-state index contributed by atoms with van der Waals surface area (Å²) in [5, 5.41) is 0. The van der Waals surface area contributed by atoms with Crippen LogP contribution in [0.5, 0.6) is 0 Å². The number of hydrogen-bond donors (Lipinski definition) is 0. The predicted octanol–water partition coefficient (Wildman–Crippen LogP) is 12.4. The smallest absolute Gasteiger partial charge is 0.141 e. The maximum absolute atomic E-state index is 13.0. The zero-order chi connectivity index (χ0) is 36.3. The first-order valence-electron chi connectivity index (χ1n) is 20.4. The van der Waals surface area contributed by atoms with E-state index in [1.54, 1.807) is 0 Å². The monoisotopic (exact) mass is 694 g/mol. The van der Waals surface area contributed by atoms with Gasteiger partial charge in [0.25, 0.3) is 0 Å². The number of unbranched alkanes of at least 4 members (excludes halogenated alkanes) is 2. The van der Waals surface area contributed by atoms with Crippen LogP contribution < -0.4 is 0 Å². The molecule has 2 fully saturated rings. The molecule has 0 aliphatic heterocycles. The van der Waals surface area contributed by atoms with Gasteiger partial charge in [-0.1, -0.05) is 124 Å². The maximum atomic E-state index is 13.0. The van der Waals surface area contributed by atoms with E-state index in [-0.39, 0.29) is 17.6 Å². The fourth-order valence-corrected chi connectivity index (χ4v) is 8.65. The Morgan fingerprint density at radius 2 is 0.750 bits per heavy atom. The van der Waals surface area contributed by atoms with Crippen LogP contribution in [0.15, 0.2) is 97.1 Å². The maximum Gasteiger partial charge on any atom is 0.141 e. The molecular weight excluding hydrogens is 637 g/mol. The molecule has 52 heavy (non-hydrogen) atoms. The molecule has 272 valence electrons. The van der Waals surface area contributed by atoms with Gasteiger partial charge in [0.05, 0.1) is 0 Å². The van der Waals surface area contributed by atoms with Crippen LogP contribution in [0.3, 0.4) is 0 Å². The highest BCUT2D eigenvalue weighted by atomic mass is 16.1. The lowest BCUT2D eigenvalue weighted by atomic mass is 9.76. The number of carbonyl (C=O) groups excluding carboxylic acids is 3. The molecule has 0 radical (unpaired) electrons. The van der Waals surface area contributed by atoms with Crippen molar-refractivity contribution in [2.75, 3.05) is 0 Å². The molecule has 0 saturated heterocycles. The molecule has 0 bridgehead atoms. The van der Waals surface area contributed by atoms with Crippen molar-refractivity contribution in [2.24, 2.45) is 11.8 Å². The molecule has 3 heteroatoms. The van der Waals surface area contributed by atoms with Gasteiger partial charge in [0.2, 0.25) is 0 Å². The van der Waals surface area contributed by atoms with Gasteiger partial charge < -0.3 is 0 Å². The van der Waals surface area contributed by atoms with Gasteiger partial charge in [0.1, 0.15) is 17.3 Å². The van der Waals surface area contributed by atoms with E-state index in [0.29, 0.717) is 36.2 Å². The van der Waals surface area contributed by atoms with E-state index in [9.17, 15) is 14.4 Å². The van der Waals surface area contributed by atoms with E-state index in [0.717, 1.165) is 101 Å². The SMILES string of the molecule is CCCCC(=O)C1CCC(c2ccc(-c3ccc(CC(=O)Cc4ccc(-c5ccc([C@H]6CC[C@H](C(=O)CCCC)CC6)cc5)cc4)cc3)cc2)CC1. The van der Waals surface area contributed by atoms with E-state index >= 15 is 0 Å². The van der Waals surface area contributed by atoms with Crippen LogP contribution in [0.2, 0.25) is 0 Å². The standard InChI is InChI=1S/C49H58O3/c1-3-5-7-48(51)45-29-25-43(26-30-45)41-21-17-39(18-22-41)37-13-9-35(10-14-37)33-47(50)34-36-11-15-38(16-12-36)40-19-23-42(24-20-40)44-27-31-46(32-28-44)49(52)8-6-4-2/h9-24,43-46H,3-8,25-34H2,1-2H3/t43-,44?,45-,46?. The third kappa shape index (κ3) is 10.1. The largest absolute Gasteiger partial charge is 0.299 e. The zero-order valence-electron chi connectivity index (χ0n) is 31.6. The fraction of sp³-hybridized carbons (Fsp3) is 0.449. The van der Waals surface area contributed by atoms with Crippen molar-refractivity contribution in [2.45, 2.75) is 128 Å². The average molecular weight is 695 g/mol. The summed E-state index contributed by atoms with van der Waals surface area (Å²) in [6.07, 6.45) is 15.1. The number of rotatable bonds is 16. The van der Waals surface area contributed by atoms with Gasteiger partial charge in [-0.2, -0.15) is 0 Å². The summed E-state index contributed by atoms with van der Waals surface area (Å²) in [6, 6.07) is 34.8. The Hall–Kier alpha value is -4.11. The summed E-state index contributed by atoms with van der Waals surface area (Å²) in [4.78, 5) is 38.0. The average Bonchev–Trinajstić information content (AvgIpc) is 3.20. The van der Waals surface area contributed by atoms with Gasteiger partial charge in [0.15, 0.2) is 0 Å². The van der Waals surface area contributed by atoms with E-state index < -0.39 is 0 Å². The molecule has 0 N–H and O–H groups in total. The molecule has 0 aromatic heterocycles. The molecule has 0 heterocycles. The summed E-state index contributed by atoms with van der Waals surface area (Å²) in [7, 11) is 0. The quantitative estimate of drug-likeness (QED) is 0.117. The molecule has 0 amide bonds. The lowest BCUT2D eigenvalue weighted by molar-refractivity contribution is -0.124. The second-order valence-electron chi connectivity index (χ2n) is 15.8. The Balaban J connectivity index is 0.948. The summed E-state index contributed by atoms with van der Waals surface area (Å²) in [6.45, 7) is 4.30. The highest BCUT2D eigenvalue weighted by molar-refractivity contribution is 5.84. The van der Waals surface area contributed by atoms with E-state index in [4.69, 9.17) is 0 Å². The first-order chi connectivity index (χ1) is 25.4. The summed E-state index contributed by atoms with van der Waals surface area (Å²) >= 11 is 0. The number of benzene rings is 4.